The number of nitrogens with one attached hydrogen (secondary N) is 2. The first-order valence-corrected chi connectivity index (χ1v) is 9.07. The van der Waals surface area contributed by atoms with Gasteiger partial charge in [0.25, 0.3) is 11.6 Å². The van der Waals surface area contributed by atoms with Gasteiger partial charge in [-0.05, 0) is 6.07 Å². The van der Waals surface area contributed by atoms with Gasteiger partial charge in [0.1, 0.15) is 0 Å². The van der Waals surface area contributed by atoms with Gasteiger partial charge in [0.15, 0.2) is 11.4 Å². The zero-order valence-corrected chi connectivity index (χ0v) is 14.3. The largest absolute Gasteiger partial charge is 0.340 e. The zero-order chi connectivity index (χ0) is 18.4. The molecule has 1 aliphatic rings. The maximum absolute atomic E-state index is 12.7. The molecule has 0 unspecified atom stereocenters. The van der Waals surface area contributed by atoms with Gasteiger partial charge in [-0.3, -0.25) is 14.9 Å². The van der Waals surface area contributed by atoms with E-state index in [9.17, 15) is 23.3 Å². The Kier molecular flexibility index (Phi) is 6.08. The number of rotatable bonds is 6. The predicted molar refractivity (Wildman–Crippen MR) is 89.3 cm³/mol. The fourth-order valence-corrected chi connectivity index (χ4v) is 4.22. The van der Waals surface area contributed by atoms with Crippen LogP contribution in [0.1, 0.15) is 0 Å². The number of sulfonamides is 1. The monoisotopic (exact) mass is 367 g/mol. The van der Waals surface area contributed by atoms with Crippen LogP contribution in [-0.4, -0.2) is 62.8 Å². The van der Waals surface area contributed by atoms with Gasteiger partial charge in [-0.25, -0.2) is 8.42 Å². The molecule has 2 N–H and O–H groups in total. The van der Waals surface area contributed by atoms with E-state index in [-0.39, 0.29) is 37.0 Å². The fraction of sp³-hybridized carbons (Fsp3) is 0.400. The maximum atomic E-state index is 12.7. The van der Waals surface area contributed by atoms with E-state index in [1.54, 1.807) is 0 Å². The standard InChI is InChI=1S/C15H18N4O5S/c1-2-7-16-15(20)12-17-8-10-18(11-9-17)25(23,24)14-6-4-3-5-13(14)19(21)22/h1,3-6H,7-12H2,(H,16,20)/p+1. The Hall–Kier alpha value is -2.48. The molecular weight excluding hydrogens is 348 g/mol. The van der Waals surface area contributed by atoms with Crippen molar-refractivity contribution in [2.24, 2.45) is 0 Å². The van der Waals surface area contributed by atoms with Gasteiger partial charge in [0.05, 0.1) is 37.6 Å². The maximum Gasteiger partial charge on any atom is 0.289 e. The SMILES string of the molecule is C#CCNC(=O)C[NH+]1CCN(S(=O)(=O)c2ccccc2[N+](=O)[O-])CC1. The first-order valence-electron chi connectivity index (χ1n) is 7.63. The average Bonchev–Trinajstić information content (AvgIpc) is 2.60. The Balaban J connectivity index is 2.04. The number of carbonyl (C=O) groups excluding carboxylic acids is 1. The van der Waals surface area contributed by atoms with Crippen LogP contribution in [0, 0.1) is 22.5 Å². The summed E-state index contributed by atoms with van der Waals surface area (Å²) < 4.78 is 26.6. The van der Waals surface area contributed by atoms with Crippen molar-refractivity contribution < 1.29 is 23.0 Å². The molecular formula is C15H19N4O5S+. The summed E-state index contributed by atoms with van der Waals surface area (Å²) in [5.74, 6) is 2.12. The number of benzene rings is 1. The molecule has 0 saturated carbocycles. The van der Waals surface area contributed by atoms with E-state index in [0.717, 1.165) is 4.90 Å². The second-order valence-corrected chi connectivity index (χ2v) is 7.44. The number of para-hydroxylation sites is 1. The number of nitro groups is 1. The van der Waals surface area contributed by atoms with E-state index < -0.39 is 20.6 Å². The van der Waals surface area contributed by atoms with Crippen LogP contribution in [0.4, 0.5) is 5.69 Å². The summed E-state index contributed by atoms with van der Waals surface area (Å²) in [5, 5.41) is 13.6. The van der Waals surface area contributed by atoms with Crippen molar-refractivity contribution in [3.05, 3.63) is 34.4 Å². The topological polar surface area (TPSA) is 114 Å². The first kappa shape index (κ1) is 18.9. The summed E-state index contributed by atoms with van der Waals surface area (Å²) in [6, 6.07) is 5.29. The summed E-state index contributed by atoms with van der Waals surface area (Å²) in [4.78, 5) is 22.6. The molecule has 1 saturated heterocycles. The van der Waals surface area contributed by atoms with Gasteiger partial charge >= 0.3 is 0 Å². The van der Waals surface area contributed by atoms with Gasteiger partial charge < -0.3 is 10.2 Å². The van der Waals surface area contributed by atoms with Crippen LogP contribution >= 0.6 is 0 Å². The number of nitro benzene ring substituents is 1. The summed E-state index contributed by atoms with van der Waals surface area (Å²) >= 11 is 0. The summed E-state index contributed by atoms with van der Waals surface area (Å²) in [6.45, 7) is 1.61. The highest BCUT2D eigenvalue weighted by molar-refractivity contribution is 7.89. The Bertz CT molecular complexity index is 794. The molecule has 9 nitrogen and oxygen atoms in total. The highest BCUT2D eigenvalue weighted by Gasteiger charge is 2.35. The Labute approximate surface area is 145 Å². The molecule has 1 aliphatic heterocycles. The molecule has 0 aromatic heterocycles. The van der Waals surface area contributed by atoms with Crippen molar-refractivity contribution in [1.82, 2.24) is 9.62 Å². The third-order valence-corrected chi connectivity index (χ3v) is 5.85. The van der Waals surface area contributed by atoms with Crippen molar-refractivity contribution in [2.45, 2.75) is 4.90 Å². The number of terminal acetylenes is 1. The van der Waals surface area contributed by atoms with Crippen molar-refractivity contribution in [3.63, 3.8) is 0 Å². The highest BCUT2D eigenvalue weighted by atomic mass is 32.2. The molecule has 1 aromatic carbocycles. The van der Waals surface area contributed by atoms with Crippen LogP contribution in [0.5, 0.6) is 0 Å². The van der Waals surface area contributed by atoms with Crippen LogP contribution in [0.3, 0.4) is 0 Å². The van der Waals surface area contributed by atoms with Gasteiger partial charge in [-0.15, -0.1) is 6.42 Å². The van der Waals surface area contributed by atoms with Crippen LogP contribution < -0.4 is 10.2 Å². The third kappa shape index (κ3) is 4.54. The number of hydrogen-bond acceptors (Lipinski definition) is 5. The lowest BCUT2D eigenvalue weighted by Crippen LogP contribution is -3.15. The lowest BCUT2D eigenvalue weighted by atomic mass is 10.3. The Morgan fingerprint density at radius 1 is 1.36 bits per heavy atom. The normalized spacial score (nSPS) is 16.1. The molecule has 10 heteroatoms. The van der Waals surface area contributed by atoms with Crippen LogP contribution in [0.25, 0.3) is 0 Å². The zero-order valence-electron chi connectivity index (χ0n) is 13.5. The van der Waals surface area contributed by atoms with Gasteiger partial charge in [0.2, 0.25) is 10.0 Å². The highest BCUT2D eigenvalue weighted by Crippen LogP contribution is 2.26. The van der Waals surface area contributed by atoms with Crippen LogP contribution in [-0.2, 0) is 14.8 Å². The van der Waals surface area contributed by atoms with Crippen LogP contribution in [0.15, 0.2) is 29.2 Å². The van der Waals surface area contributed by atoms with Crippen molar-refractivity contribution in [1.29, 1.82) is 0 Å². The van der Waals surface area contributed by atoms with Gasteiger partial charge in [-0.2, -0.15) is 4.31 Å². The van der Waals surface area contributed by atoms with Crippen molar-refractivity contribution in [3.8, 4) is 12.3 Å². The van der Waals surface area contributed by atoms with Crippen molar-refractivity contribution in [2.75, 3.05) is 39.3 Å². The minimum atomic E-state index is -3.95. The number of carbonyl (C=O) groups is 1. The van der Waals surface area contributed by atoms with E-state index in [4.69, 9.17) is 6.42 Å². The molecule has 25 heavy (non-hydrogen) atoms. The van der Waals surface area contributed by atoms with E-state index in [1.807, 2.05) is 0 Å². The molecule has 0 atom stereocenters. The lowest BCUT2D eigenvalue weighted by molar-refractivity contribution is -0.895. The molecule has 0 spiro atoms. The summed E-state index contributed by atoms with van der Waals surface area (Å²) in [6.07, 6.45) is 5.07. The molecule has 1 aromatic rings. The molecule has 0 bridgehead atoms. The lowest BCUT2D eigenvalue weighted by Gasteiger charge is -2.31. The van der Waals surface area contributed by atoms with Gasteiger partial charge in [0, 0.05) is 6.07 Å². The molecule has 1 heterocycles. The minimum absolute atomic E-state index is 0.157. The molecule has 1 amide bonds. The number of hydrogen-bond donors (Lipinski definition) is 2. The molecule has 0 aliphatic carbocycles. The first-order chi connectivity index (χ1) is 11.9. The fourth-order valence-electron chi connectivity index (χ4n) is 2.62. The Morgan fingerprint density at radius 3 is 2.60 bits per heavy atom. The quantitative estimate of drug-likeness (QED) is 0.351. The predicted octanol–water partition coefficient (Wildman–Crippen LogP) is -1.77. The third-order valence-electron chi connectivity index (χ3n) is 3.91. The van der Waals surface area contributed by atoms with E-state index in [1.165, 1.54) is 28.6 Å². The number of amides is 1. The van der Waals surface area contributed by atoms with Gasteiger partial charge in [-0.1, -0.05) is 18.1 Å². The van der Waals surface area contributed by atoms with E-state index in [2.05, 4.69) is 11.2 Å². The molecule has 134 valence electrons. The van der Waals surface area contributed by atoms with E-state index >= 15 is 0 Å². The number of nitrogens with zero attached hydrogens (tertiary/aromatic N) is 2. The smallest absolute Gasteiger partial charge is 0.289 e. The Morgan fingerprint density at radius 2 is 2.00 bits per heavy atom. The average molecular weight is 367 g/mol. The van der Waals surface area contributed by atoms with Crippen molar-refractivity contribution >= 4 is 21.6 Å². The second kappa shape index (κ2) is 8.06. The summed E-state index contributed by atoms with van der Waals surface area (Å²) in [5.41, 5.74) is -0.439. The molecule has 1 fully saturated rings. The minimum Gasteiger partial charge on any atom is -0.340 e. The molecule has 2 rings (SSSR count). The second-order valence-electron chi connectivity index (χ2n) is 5.54. The molecule has 0 radical (unpaired) electrons. The van der Waals surface area contributed by atoms with E-state index in [0.29, 0.717) is 13.1 Å². The number of quaternary nitrogens is 1. The number of piperazine rings is 1. The summed E-state index contributed by atoms with van der Waals surface area (Å²) in [7, 11) is -3.95. The van der Waals surface area contributed by atoms with Crippen LogP contribution in [0.2, 0.25) is 0 Å².